The van der Waals surface area contributed by atoms with Crippen LogP contribution in [0.1, 0.15) is 18.3 Å². The molecule has 0 saturated carbocycles. The summed E-state index contributed by atoms with van der Waals surface area (Å²) in [4.78, 5) is 26.9. The summed E-state index contributed by atoms with van der Waals surface area (Å²) in [5, 5.41) is 5.25. The number of aromatic nitrogens is 1. The Kier molecular flexibility index (Phi) is 5.64. The summed E-state index contributed by atoms with van der Waals surface area (Å²) in [6, 6.07) is 4.99. The van der Waals surface area contributed by atoms with Gasteiger partial charge in [-0.05, 0) is 19.1 Å². The Labute approximate surface area is 112 Å². The van der Waals surface area contributed by atoms with E-state index in [4.69, 9.17) is 0 Å². The Morgan fingerprint density at radius 1 is 1.44 bits per heavy atom. The van der Waals surface area contributed by atoms with Gasteiger partial charge in [-0.1, -0.05) is 6.07 Å². The minimum absolute atomic E-state index is 0.252. The Morgan fingerprint density at radius 2 is 2.17 bits per heavy atom. The maximum atomic E-state index is 11.8. The number of hydrogen-bond acceptors (Lipinski definition) is 4. The van der Waals surface area contributed by atoms with Crippen LogP contribution in [0, 0.1) is 6.92 Å². The highest BCUT2D eigenvalue weighted by Gasteiger charge is 2.17. The average Bonchev–Trinajstić information content (AvgIpc) is 2.33. The van der Waals surface area contributed by atoms with Gasteiger partial charge in [-0.2, -0.15) is 12.6 Å². The molecular formula is C12H17N3O2S. The van der Waals surface area contributed by atoms with Crippen molar-refractivity contribution in [1.82, 2.24) is 15.6 Å². The second-order valence-corrected chi connectivity index (χ2v) is 4.29. The fourth-order valence-corrected chi connectivity index (χ4v) is 1.70. The van der Waals surface area contributed by atoms with Crippen LogP contribution < -0.4 is 10.6 Å². The van der Waals surface area contributed by atoms with Crippen LogP contribution in [0.15, 0.2) is 18.2 Å². The van der Waals surface area contributed by atoms with Crippen LogP contribution >= 0.6 is 12.6 Å². The van der Waals surface area contributed by atoms with E-state index in [9.17, 15) is 9.59 Å². The van der Waals surface area contributed by atoms with Gasteiger partial charge in [0.25, 0.3) is 0 Å². The first-order chi connectivity index (χ1) is 8.52. The Balaban J connectivity index is 2.51. The number of carbonyl (C=O) groups excluding carboxylic acids is 2. The lowest BCUT2D eigenvalue weighted by atomic mass is 10.2. The molecule has 1 heterocycles. The summed E-state index contributed by atoms with van der Waals surface area (Å²) in [7, 11) is 0. The van der Waals surface area contributed by atoms with E-state index in [0.29, 0.717) is 6.54 Å². The van der Waals surface area contributed by atoms with Gasteiger partial charge in [0.1, 0.15) is 6.04 Å². The standard InChI is InChI=1S/C12H17N3O2S/c1-8-4-3-5-10(14-8)6-13-12(17)11(7-18)15-9(2)16/h3-5,11,18H,6-7H2,1-2H3,(H,13,17)(H,15,16). The lowest BCUT2D eigenvalue weighted by molar-refractivity contribution is -0.127. The van der Waals surface area contributed by atoms with Crippen LogP contribution in [-0.4, -0.2) is 28.6 Å². The molecule has 0 radical (unpaired) electrons. The fraction of sp³-hybridized carbons (Fsp3) is 0.417. The molecule has 1 aromatic heterocycles. The van der Waals surface area contributed by atoms with E-state index in [2.05, 4.69) is 28.2 Å². The molecule has 98 valence electrons. The van der Waals surface area contributed by atoms with E-state index >= 15 is 0 Å². The Hall–Kier alpha value is -1.56. The third-order valence-corrected chi connectivity index (χ3v) is 2.63. The molecular weight excluding hydrogens is 250 g/mol. The molecule has 0 spiro atoms. The molecule has 5 nitrogen and oxygen atoms in total. The van der Waals surface area contributed by atoms with Crippen LogP contribution in [0.25, 0.3) is 0 Å². The predicted molar refractivity (Wildman–Crippen MR) is 72.3 cm³/mol. The van der Waals surface area contributed by atoms with Gasteiger partial charge >= 0.3 is 0 Å². The van der Waals surface area contributed by atoms with Crippen molar-refractivity contribution in [2.24, 2.45) is 0 Å². The van der Waals surface area contributed by atoms with Crippen LogP contribution in [0.4, 0.5) is 0 Å². The third-order valence-electron chi connectivity index (χ3n) is 2.27. The summed E-state index contributed by atoms with van der Waals surface area (Å²) in [6.45, 7) is 3.59. The van der Waals surface area contributed by atoms with Gasteiger partial charge in [0.2, 0.25) is 11.8 Å². The molecule has 0 saturated heterocycles. The molecule has 0 aliphatic carbocycles. The van der Waals surface area contributed by atoms with E-state index in [1.54, 1.807) is 0 Å². The number of aryl methyl sites for hydroxylation is 1. The minimum Gasteiger partial charge on any atom is -0.349 e. The number of thiol groups is 1. The lowest BCUT2D eigenvalue weighted by Gasteiger charge is -2.15. The first-order valence-electron chi connectivity index (χ1n) is 5.61. The highest BCUT2D eigenvalue weighted by molar-refractivity contribution is 7.80. The summed E-state index contributed by atoms with van der Waals surface area (Å²) in [6.07, 6.45) is 0. The molecule has 0 fully saturated rings. The summed E-state index contributed by atoms with van der Waals surface area (Å²) < 4.78 is 0. The number of carbonyl (C=O) groups is 2. The number of nitrogens with one attached hydrogen (secondary N) is 2. The van der Waals surface area contributed by atoms with Crippen molar-refractivity contribution in [2.75, 3.05) is 5.75 Å². The van der Waals surface area contributed by atoms with E-state index in [1.165, 1.54) is 6.92 Å². The van der Waals surface area contributed by atoms with Crippen molar-refractivity contribution >= 4 is 24.4 Å². The Morgan fingerprint density at radius 3 is 2.72 bits per heavy atom. The van der Waals surface area contributed by atoms with Crippen molar-refractivity contribution in [3.63, 3.8) is 0 Å². The monoisotopic (exact) mass is 267 g/mol. The van der Waals surface area contributed by atoms with Crippen LogP contribution in [0.2, 0.25) is 0 Å². The molecule has 6 heteroatoms. The molecule has 0 aliphatic rings. The molecule has 0 aliphatic heterocycles. The van der Waals surface area contributed by atoms with Gasteiger partial charge in [0.15, 0.2) is 0 Å². The van der Waals surface area contributed by atoms with Gasteiger partial charge in [-0.15, -0.1) is 0 Å². The number of rotatable bonds is 5. The van der Waals surface area contributed by atoms with E-state index in [1.807, 2.05) is 25.1 Å². The zero-order valence-corrected chi connectivity index (χ0v) is 11.3. The van der Waals surface area contributed by atoms with E-state index < -0.39 is 6.04 Å². The topological polar surface area (TPSA) is 71.1 Å². The molecule has 1 unspecified atom stereocenters. The number of pyridine rings is 1. The van der Waals surface area contributed by atoms with Crippen molar-refractivity contribution in [3.05, 3.63) is 29.6 Å². The molecule has 18 heavy (non-hydrogen) atoms. The number of amides is 2. The quantitative estimate of drug-likeness (QED) is 0.678. The summed E-state index contributed by atoms with van der Waals surface area (Å²) in [5.41, 5.74) is 1.68. The van der Waals surface area contributed by atoms with Crippen LogP contribution in [0.3, 0.4) is 0 Å². The fourth-order valence-electron chi connectivity index (χ4n) is 1.44. The number of nitrogens with zero attached hydrogens (tertiary/aromatic N) is 1. The first-order valence-corrected chi connectivity index (χ1v) is 6.24. The first kappa shape index (κ1) is 14.5. The highest BCUT2D eigenvalue weighted by atomic mass is 32.1. The maximum Gasteiger partial charge on any atom is 0.243 e. The minimum atomic E-state index is -0.615. The Bertz CT molecular complexity index is 437. The smallest absolute Gasteiger partial charge is 0.243 e. The highest BCUT2D eigenvalue weighted by Crippen LogP contribution is 1.98. The molecule has 0 aromatic carbocycles. The van der Waals surface area contributed by atoms with Gasteiger partial charge in [-0.25, -0.2) is 0 Å². The van der Waals surface area contributed by atoms with Gasteiger partial charge < -0.3 is 10.6 Å². The molecule has 1 aromatic rings. The van der Waals surface area contributed by atoms with E-state index in [0.717, 1.165) is 11.4 Å². The maximum absolute atomic E-state index is 11.8. The van der Waals surface area contributed by atoms with Crippen molar-refractivity contribution in [3.8, 4) is 0 Å². The normalized spacial score (nSPS) is 11.7. The van der Waals surface area contributed by atoms with Gasteiger partial charge in [-0.3, -0.25) is 14.6 Å². The average molecular weight is 267 g/mol. The molecule has 1 rings (SSSR count). The van der Waals surface area contributed by atoms with Crippen LogP contribution in [0.5, 0.6) is 0 Å². The second kappa shape index (κ2) is 7.00. The zero-order chi connectivity index (χ0) is 13.5. The molecule has 2 amide bonds. The SMILES string of the molecule is CC(=O)NC(CS)C(=O)NCc1cccc(C)n1. The molecule has 1 atom stereocenters. The molecule has 0 bridgehead atoms. The van der Waals surface area contributed by atoms with Gasteiger partial charge in [0, 0.05) is 18.4 Å². The lowest BCUT2D eigenvalue weighted by Crippen LogP contribution is -2.47. The second-order valence-electron chi connectivity index (χ2n) is 3.92. The third kappa shape index (κ3) is 4.75. The van der Waals surface area contributed by atoms with E-state index in [-0.39, 0.29) is 17.6 Å². The summed E-state index contributed by atoms with van der Waals surface area (Å²) >= 11 is 4.03. The van der Waals surface area contributed by atoms with Crippen LogP contribution in [-0.2, 0) is 16.1 Å². The predicted octanol–water partition coefficient (Wildman–Crippen LogP) is 0.441. The largest absolute Gasteiger partial charge is 0.349 e. The molecule has 2 N–H and O–H groups in total. The summed E-state index contributed by atoms with van der Waals surface area (Å²) in [5.74, 6) is -0.256. The van der Waals surface area contributed by atoms with Crippen molar-refractivity contribution < 1.29 is 9.59 Å². The van der Waals surface area contributed by atoms with Crippen molar-refractivity contribution in [2.45, 2.75) is 26.4 Å². The van der Waals surface area contributed by atoms with Crippen molar-refractivity contribution in [1.29, 1.82) is 0 Å². The zero-order valence-electron chi connectivity index (χ0n) is 10.4. The van der Waals surface area contributed by atoms with Gasteiger partial charge in [0.05, 0.1) is 12.2 Å². The number of hydrogen-bond donors (Lipinski definition) is 3.